The lowest BCUT2D eigenvalue weighted by Gasteiger charge is -2.53. The van der Waals surface area contributed by atoms with E-state index in [4.69, 9.17) is 27.9 Å². The summed E-state index contributed by atoms with van der Waals surface area (Å²) in [6, 6.07) is 4.82. The fourth-order valence-electron chi connectivity index (χ4n) is 5.32. The van der Waals surface area contributed by atoms with Gasteiger partial charge < -0.3 is 10.1 Å². The number of carbonyl (C=O) groups excluding carboxylic acids is 2. The number of rotatable bonds is 4. The van der Waals surface area contributed by atoms with E-state index in [-0.39, 0.29) is 24.4 Å². The molecule has 1 amide bonds. The summed E-state index contributed by atoms with van der Waals surface area (Å²) in [7, 11) is 0. The van der Waals surface area contributed by atoms with Crippen LogP contribution in [0.4, 0.5) is 5.69 Å². The third-order valence-electron chi connectivity index (χ3n) is 6.05. The molecule has 0 aliphatic heterocycles. The minimum Gasteiger partial charge on any atom is -0.455 e. The molecule has 4 fully saturated rings. The largest absolute Gasteiger partial charge is 0.455 e. The summed E-state index contributed by atoms with van der Waals surface area (Å²) in [5, 5.41) is 3.50. The van der Waals surface area contributed by atoms with Crippen molar-refractivity contribution in [2.45, 2.75) is 32.1 Å². The molecule has 1 N–H and O–H groups in total. The molecule has 0 unspecified atom stereocenters. The zero-order valence-electron chi connectivity index (χ0n) is 13.8. The van der Waals surface area contributed by atoms with Crippen molar-refractivity contribution >= 4 is 40.8 Å². The number of ether oxygens (including phenoxy) is 1. The van der Waals surface area contributed by atoms with E-state index in [9.17, 15) is 9.59 Å². The number of anilines is 1. The number of hydrogen-bond donors (Lipinski definition) is 1. The highest BCUT2D eigenvalue weighted by atomic mass is 35.5. The molecule has 25 heavy (non-hydrogen) atoms. The maximum Gasteiger partial charge on any atom is 0.310 e. The van der Waals surface area contributed by atoms with Crippen molar-refractivity contribution in [2.75, 3.05) is 11.9 Å². The number of halogens is 2. The Hall–Kier alpha value is -1.26. The number of nitrogens with one attached hydrogen (secondary N) is 1. The van der Waals surface area contributed by atoms with Gasteiger partial charge in [0.15, 0.2) is 6.61 Å². The molecule has 0 saturated heterocycles. The van der Waals surface area contributed by atoms with Crippen LogP contribution in [-0.4, -0.2) is 18.5 Å². The lowest BCUT2D eigenvalue weighted by atomic mass is 9.52. The second kappa shape index (κ2) is 6.81. The van der Waals surface area contributed by atoms with E-state index in [1.54, 1.807) is 18.2 Å². The molecule has 1 aromatic rings. The van der Waals surface area contributed by atoms with E-state index in [2.05, 4.69) is 5.32 Å². The topological polar surface area (TPSA) is 55.4 Å². The zero-order chi connectivity index (χ0) is 17.6. The molecule has 1 aromatic carbocycles. The van der Waals surface area contributed by atoms with Gasteiger partial charge in [-0.25, -0.2) is 0 Å². The molecule has 4 bridgehead atoms. The van der Waals surface area contributed by atoms with E-state index in [0.717, 1.165) is 37.5 Å². The first-order valence-electron chi connectivity index (χ1n) is 8.91. The summed E-state index contributed by atoms with van der Waals surface area (Å²) < 4.78 is 5.35. The third-order valence-corrected chi connectivity index (χ3v) is 6.60. The van der Waals surface area contributed by atoms with Gasteiger partial charge in [0.1, 0.15) is 0 Å². The Labute approximate surface area is 157 Å². The minimum atomic E-state index is -0.388. The number of hydrogen-bond acceptors (Lipinski definition) is 3. The zero-order valence-corrected chi connectivity index (χ0v) is 15.4. The van der Waals surface area contributed by atoms with E-state index >= 15 is 0 Å². The monoisotopic (exact) mass is 381 g/mol. The van der Waals surface area contributed by atoms with Gasteiger partial charge in [0.2, 0.25) is 0 Å². The SMILES string of the molecule is O=C(COC(=O)C1C2CC3CC(C2)CC1C3)Nc1ccc(Cl)cc1Cl. The lowest BCUT2D eigenvalue weighted by Crippen LogP contribution is -2.48. The van der Waals surface area contributed by atoms with Gasteiger partial charge in [-0.15, -0.1) is 0 Å². The summed E-state index contributed by atoms with van der Waals surface area (Å²) in [5.41, 5.74) is 0.460. The van der Waals surface area contributed by atoms with Crippen molar-refractivity contribution < 1.29 is 14.3 Å². The van der Waals surface area contributed by atoms with Crippen LogP contribution in [0, 0.1) is 29.6 Å². The van der Waals surface area contributed by atoms with Crippen LogP contribution in [0.15, 0.2) is 18.2 Å². The van der Waals surface area contributed by atoms with Gasteiger partial charge in [-0.05, 0) is 74.0 Å². The van der Waals surface area contributed by atoms with Crippen LogP contribution in [0.3, 0.4) is 0 Å². The molecular weight excluding hydrogens is 361 g/mol. The van der Waals surface area contributed by atoms with Gasteiger partial charge in [0.05, 0.1) is 16.6 Å². The minimum absolute atomic E-state index is 0.0141. The Kier molecular flexibility index (Phi) is 4.67. The second-order valence-electron chi connectivity index (χ2n) is 7.74. The number of carbonyl (C=O) groups is 2. The molecule has 0 atom stereocenters. The van der Waals surface area contributed by atoms with Gasteiger partial charge in [-0.2, -0.15) is 0 Å². The van der Waals surface area contributed by atoms with Crippen molar-refractivity contribution in [2.24, 2.45) is 29.6 Å². The molecule has 4 aliphatic rings. The summed E-state index contributed by atoms with van der Waals surface area (Å²) >= 11 is 11.9. The average Bonchev–Trinajstić information content (AvgIpc) is 2.54. The van der Waals surface area contributed by atoms with Gasteiger partial charge in [-0.3, -0.25) is 9.59 Å². The van der Waals surface area contributed by atoms with Crippen molar-refractivity contribution in [1.82, 2.24) is 0 Å². The summed E-state index contributed by atoms with van der Waals surface area (Å²) in [5.74, 6) is 1.92. The van der Waals surface area contributed by atoms with Crippen molar-refractivity contribution in [3.63, 3.8) is 0 Å². The molecule has 4 nitrogen and oxygen atoms in total. The van der Waals surface area contributed by atoms with E-state index < -0.39 is 0 Å². The summed E-state index contributed by atoms with van der Waals surface area (Å²) in [6.45, 7) is -0.277. The van der Waals surface area contributed by atoms with Crippen LogP contribution >= 0.6 is 23.2 Å². The molecule has 5 rings (SSSR count). The molecule has 0 heterocycles. The molecular formula is C19H21Cl2NO3. The molecule has 0 radical (unpaired) electrons. The van der Waals surface area contributed by atoms with E-state index in [1.807, 2.05) is 0 Å². The van der Waals surface area contributed by atoms with Crippen LogP contribution in [0.1, 0.15) is 32.1 Å². The molecule has 0 spiro atoms. The first kappa shape index (κ1) is 17.2. The Morgan fingerprint density at radius 3 is 2.28 bits per heavy atom. The fraction of sp³-hybridized carbons (Fsp3) is 0.579. The highest BCUT2D eigenvalue weighted by Gasteiger charge is 2.51. The van der Waals surface area contributed by atoms with Gasteiger partial charge in [0.25, 0.3) is 5.91 Å². The van der Waals surface area contributed by atoms with Gasteiger partial charge in [0, 0.05) is 5.02 Å². The number of benzene rings is 1. The number of esters is 1. The third kappa shape index (κ3) is 3.52. The smallest absolute Gasteiger partial charge is 0.310 e. The molecule has 4 saturated carbocycles. The Morgan fingerprint density at radius 1 is 1.04 bits per heavy atom. The molecule has 4 aliphatic carbocycles. The van der Waals surface area contributed by atoms with E-state index in [0.29, 0.717) is 27.6 Å². The molecule has 134 valence electrons. The van der Waals surface area contributed by atoms with Crippen molar-refractivity contribution in [3.05, 3.63) is 28.2 Å². The maximum absolute atomic E-state index is 12.6. The van der Waals surface area contributed by atoms with Crippen LogP contribution in [0.5, 0.6) is 0 Å². The number of amides is 1. The standard InChI is InChI=1S/C19H21Cl2NO3/c20-14-1-2-16(15(21)8-14)22-17(23)9-25-19(24)18-12-4-10-3-11(6-12)7-13(18)5-10/h1-2,8,10-13,18H,3-7,9H2,(H,22,23). The average molecular weight is 382 g/mol. The fourth-order valence-corrected chi connectivity index (χ4v) is 5.78. The normalized spacial score (nSPS) is 32.5. The Bertz CT molecular complexity index is 678. The van der Waals surface area contributed by atoms with Crippen LogP contribution in [0.25, 0.3) is 0 Å². The van der Waals surface area contributed by atoms with Crippen molar-refractivity contribution in [1.29, 1.82) is 0 Å². The van der Waals surface area contributed by atoms with Gasteiger partial charge in [-0.1, -0.05) is 23.2 Å². The summed E-state index contributed by atoms with van der Waals surface area (Å²) in [6.07, 6.45) is 5.95. The van der Waals surface area contributed by atoms with Crippen LogP contribution < -0.4 is 5.32 Å². The lowest BCUT2D eigenvalue weighted by molar-refractivity contribution is -0.164. The highest BCUT2D eigenvalue weighted by molar-refractivity contribution is 6.36. The second-order valence-corrected chi connectivity index (χ2v) is 8.58. The Morgan fingerprint density at radius 2 is 1.68 bits per heavy atom. The quantitative estimate of drug-likeness (QED) is 0.778. The molecule has 6 heteroatoms. The first-order valence-corrected chi connectivity index (χ1v) is 9.66. The van der Waals surface area contributed by atoms with Crippen molar-refractivity contribution in [3.8, 4) is 0 Å². The van der Waals surface area contributed by atoms with Crippen LogP contribution in [-0.2, 0) is 14.3 Å². The predicted octanol–water partition coefficient (Wildman–Crippen LogP) is 4.55. The maximum atomic E-state index is 12.6. The summed E-state index contributed by atoms with van der Waals surface area (Å²) in [4.78, 5) is 24.6. The first-order chi connectivity index (χ1) is 12.0. The van der Waals surface area contributed by atoms with Crippen LogP contribution in [0.2, 0.25) is 10.0 Å². The highest BCUT2D eigenvalue weighted by Crippen LogP contribution is 2.56. The predicted molar refractivity (Wildman–Crippen MR) is 96.6 cm³/mol. The van der Waals surface area contributed by atoms with E-state index in [1.165, 1.54) is 6.42 Å². The van der Waals surface area contributed by atoms with Gasteiger partial charge >= 0.3 is 5.97 Å². The molecule has 0 aromatic heterocycles. The Balaban J connectivity index is 1.32.